The summed E-state index contributed by atoms with van der Waals surface area (Å²) in [7, 11) is -3.82. The Bertz CT molecular complexity index is 1150. The second-order valence-corrected chi connectivity index (χ2v) is 8.56. The number of carbonyl (C=O) groups excluding carboxylic acids is 2. The number of rotatable bonds is 10. The van der Waals surface area contributed by atoms with Crippen molar-refractivity contribution in [3.63, 3.8) is 0 Å². The van der Waals surface area contributed by atoms with E-state index >= 15 is 0 Å². The van der Waals surface area contributed by atoms with Crippen molar-refractivity contribution in [3.8, 4) is 11.5 Å². The van der Waals surface area contributed by atoms with Crippen LogP contribution in [0.5, 0.6) is 11.5 Å². The fourth-order valence-electron chi connectivity index (χ4n) is 2.86. The molecule has 0 aliphatic carbocycles. The Morgan fingerprint density at radius 2 is 1.82 bits per heavy atom. The van der Waals surface area contributed by atoms with Crippen molar-refractivity contribution < 1.29 is 37.1 Å². The molecule has 12 nitrogen and oxygen atoms in total. The van der Waals surface area contributed by atoms with Gasteiger partial charge in [-0.05, 0) is 24.6 Å². The number of fused-ring (bicyclic) bond motifs is 1. The maximum Gasteiger partial charge on any atom is 0.306 e. The Balaban J connectivity index is 1.40. The molecule has 0 aromatic heterocycles. The first-order chi connectivity index (χ1) is 15.8. The van der Waals surface area contributed by atoms with Crippen LogP contribution in [0.15, 0.2) is 47.4 Å². The zero-order valence-corrected chi connectivity index (χ0v) is 18.1. The monoisotopic (exact) mass is 479 g/mol. The minimum Gasteiger partial charge on any atom is -0.486 e. The highest BCUT2D eigenvalue weighted by Gasteiger charge is 2.19. The summed E-state index contributed by atoms with van der Waals surface area (Å²) in [4.78, 5) is 34.0. The van der Waals surface area contributed by atoms with E-state index in [0.29, 0.717) is 24.7 Å². The molecule has 0 spiro atoms. The molecule has 33 heavy (non-hydrogen) atoms. The second kappa shape index (κ2) is 10.7. The minimum atomic E-state index is -3.82. The first-order valence-corrected chi connectivity index (χ1v) is 11.3. The Morgan fingerprint density at radius 3 is 2.58 bits per heavy atom. The third-order valence-electron chi connectivity index (χ3n) is 4.41. The van der Waals surface area contributed by atoms with Gasteiger partial charge in [0.1, 0.15) is 18.9 Å². The topological polar surface area (TPSA) is 163 Å². The van der Waals surface area contributed by atoms with Crippen LogP contribution in [-0.4, -0.2) is 51.6 Å². The van der Waals surface area contributed by atoms with Gasteiger partial charge in [-0.2, -0.15) is 0 Å². The predicted octanol–water partition coefficient (Wildman–Crippen LogP) is 1.61. The molecule has 0 unspecified atom stereocenters. The van der Waals surface area contributed by atoms with Crippen LogP contribution in [0, 0.1) is 10.1 Å². The molecule has 1 heterocycles. The summed E-state index contributed by atoms with van der Waals surface area (Å²) in [5.74, 6) is -0.649. The van der Waals surface area contributed by atoms with Gasteiger partial charge >= 0.3 is 5.97 Å². The van der Waals surface area contributed by atoms with E-state index < -0.39 is 33.4 Å². The molecular weight excluding hydrogens is 458 g/mol. The summed E-state index contributed by atoms with van der Waals surface area (Å²) in [5, 5.41) is 13.3. The fourth-order valence-corrected chi connectivity index (χ4v) is 3.95. The number of carbonyl (C=O) groups is 2. The number of nitrogens with zero attached hydrogens (tertiary/aromatic N) is 1. The van der Waals surface area contributed by atoms with E-state index in [2.05, 4.69) is 10.0 Å². The molecule has 2 N–H and O–H groups in total. The normalized spacial score (nSPS) is 12.6. The molecule has 2 aromatic carbocycles. The first kappa shape index (κ1) is 23.9. The number of nitro groups is 1. The molecule has 0 saturated carbocycles. The highest BCUT2D eigenvalue weighted by molar-refractivity contribution is 7.89. The zero-order chi connectivity index (χ0) is 23.8. The van der Waals surface area contributed by atoms with Crippen molar-refractivity contribution >= 4 is 33.3 Å². The summed E-state index contributed by atoms with van der Waals surface area (Å²) in [5.41, 5.74) is -0.306. The van der Waals surface area contributed by atoms with E-state index in [-0.39, 0.29) is 35.7 Å². The number of esters is 1. The van der Waals surface area contributed by atoms with E-state index in [1.54, 1.807) is 0 Å². The maximum atomic E-state index is 12.4. The molecule has 0 atom stereocenters. The molecule has 3 rings (SSSR count). The molecule has 0 radical (unpaired) electrons. The van der Waals surface area contributed by atoms with Crippen molar-refractivity contribution in [2.24, 2.45) is 0 Å². The van der Waals surface area contributed by atoms with E-state index in [9.17, 15) is 28.1 Å². The largest absolute Gasteiger partial charge is 0.486 e. The second-order valence-electron chi connectivity index (χ2n) is 6.79. The summed E-state index contributed by atoms with van der Waals surface area (Å²) in [6.07, 6.45) is -0.00316. The minimum absolute atomic E-state index is 0.000929. The van der Waals surface area contributed by atoms with E-state index in [4.69, 9.17) is 14.2 Å². The lowest BCUT2D eigenvalue weighted by molar-refractivity contribution is -0.383. The Kier molecular flexibility index (Phi) is 7.79. The van der Waals surface area contributed by atoms with Crippen LogP contribution in [0.1, 0.15) is 12.8 Å². The van der Waals surface area contributed by atoms with Gasteiger partial charge in [-0.15, -0.1) is 0 Å². The summed E-state index contributed by atoms with van der Waals surface area (Å²) in [6.45, 7) is 0.0513. The summed E-state index contributed by atoms with van der Waals surface area (Å²) >= 11 is 0. The molecular formula is C20H21N3O9S. The standard InChI is InChI=1S/C20H21N3O9S/c24-19(22-15-4-1-2-5-16(15)23(26)27)13-32-20(25)6-3-9-21-33(28,29)14-7-8-17-18(12-14)31-11-10-30-17/h1-2,4-5,7-8,12,21H,3,6,9-11,13H2,(H,22,24). The van der Waals surface area contributed by atoms with Gasteiger partial charge in [0, 0.05) is 25.1 Å². The molecule has 2 aromatic rings. The lowest BCUT2D eigenvalue weighted by Gasteiger charge is -2.18. The van der Waals surface area contributed by atoms with Crippen molar-refractivity contribution in [3.05, 3.63) is 52.6 Å². The molecule has 0 saturated heterocycles. The van der Waals surface area contributed by atoms with Crippen LogP contribution < -0.4 is 19.5 Å². The maximum absolute atomic E-state index is 12.4. The smallest absolute Gasteiger partial charge is 0.306 e. The number of sulfonamides is 1. The third-order valence-corrected chi connectivity index (χ3v) is 5.87. The zero-order valence-electron chi connectivity index (χ0n) is 17.3. The molecule has 13 heteroatoms. The molecule has 176 valence electrons. The van der Waals surface area contributed by atoms with Crippen LogP contribution in [-0.2, 0) is 24.3 Å². The Morgan fingerprint density at radius 1 is 1.09 bits per heavy atom. The van der Waals surface area contributed by atoms with Crippen LogP contribution in [0.25, 0.3) is 0 Å². The SMILES string of the molecule is O=C(COC(=O)CCCNS(=O)(=O)c1ccc2c(c1)OCCO2)Nc1ccccc1[N+](=O)[O-]. The predicted molar refractivity (Wildman–Crippen MR) is 115 cm³/mol. The molecule has 1 aliphatic rings. The van der Waals surface area contributed by atoms with Crippen LogP contribution in [0.4, 0.5) is 11.4 Å². The van der Waals surface area contributed by atoms with Crippen molar-refractivity contribution in [2.45, 2.75) is 17.7 Å². The molecule has 0 bridgehead atoms. The molecule has 1 aliphatic heterocycles. The quantitative estimate of drug-likeness (QED) is 0.223. The number of anilines is 1. The number of nitrogens with one attached hydrogen (secondary N) is 2. The Labute approximate surface area is 189 Å². The van der Waals surface area contributed by atoms with Gasteiger partial charge in [-0.25, -0.2) is 13.1 Å². The fraction of sp³-hybridized carbons (Fsp3) is 0.300. The average molecular weight is 479 g/mol. The van der Waals surface area contributed by atoms with Crippen molar-refractivity contribution in [1.82, 2.24) is 4.72 Å². The number of hydrogen-bond donors (Lipinski definition) is 2. The number of ether oxygens (including phenoxy) is 3. The summed E-state index contributed by atoms with van der Waals surface area (Å²) < 4.78 is 42.7. The van der Waals surface area contributed by atoms with Gasteiger partial charge < -0.3 is 19.5 Å². The highest BCUT2D eigenvalue weighted by atomic mass is 32.2. The van der Waals surface area contributed by atoms with Gasteiger partial charge in [0.05, 0.1) is 9.82 Å². The van der Waals surface area contributed by atoms with Gasteiger partial charge in [-0.3, -0.25) is 19.7 Å². The van der Waals surface area contributed by atoms with Crippen molar-refractivity contribution in [1.29, 1.82) is 0 Å². The van der Waals surface area contributed by atoms with Crippen molar-refractivity contribution in [2.75, 3.05) is 31.7 Å². The number of amides is 1. The van der Waals surface area contributed by atoms with E-state index in [1.807, 2.05) is 0 Å². The van der Waals surface area contributed by atoms with Crippen LogP contribution in [0.2, 0.25) is 0 Å². The van der Waals surface area contributed by atoms with Gasteiger partial charge in [0.15, 0.2) is 18.1 Å². The number of benzene rings is 2. The van der Waals surface area contributed by atoms with Crippen LogP contribution in [0.3, 0.4) is 0 Å². The van der Waals surface area contributed by atoms with E-state index in [0.717, 1.165) is 0 Å². The van der Waals surface area contributed by atoms with Gasteiger partial charge in [0.2, 0.25) is 10.0 Å². The number of para-hydroxylation sites is 2. The molecule has 1 amide bonds. The lowest BCUT2D eigenvalue weighted by atomic mass is 10.2. The molecule has 0 fully saturated rings. The van der Waals surface area contributed by atoms with E-state index in [1.165, 1.54) is 42.5 Å². The summed E-state index contributed by atoms with van der Waals surface area (Å²) in [6, 6.07) is 9.81. The van der Waals surface area contributed by atoms with Gasteiger partial charge in [-0.1, -0.05) is 12.1 Å². The highest BCUT2D eigenvalue weighted by Crippen LogP contribution is 2.32. The van der Waals surface area contributed by atoms with Crippen LogP contribution >= 0.6 is 0 Å². The number of nitro benzene ring substituents is 1. The Hall–Kier alpha value is -3.71. The number of hydrogen-bond acceptors (Lipinski definition) is 9. The lowest BCUT2D eigenvalue weighted by Crippen LogP contribution is -2.26. The third kappa shape index (κ3) is 6.63. The first-order valence-electron chi connectivity index (χ1n) is 9.84. The average Bonchev–Trinajstić information content (AvgIpc) is 2.80. The van der Waals surface area contributed by atoms with Gasteiger partial charge in [0.25, 0.3) is 11.6 Å².